The number of phenolic OH excluding ortho intramolecular Hbond substituents is 1. The first kappa shape index (κ1) is 32.2. The summed E-state index contributed by atoms with van der Waals surface area (Å²) in [6.07, 6.45) is 11.0. The lowest BCUT2D eigenvalue weighted by molar-refractivity contribution is -0.122. The molecule has 1 fully saturated rings. The van der Waals surface area contributed by atoms with Crippen molar-refractivity contribution in [1.82, 2.24) is 10.2 Å². The molecule has 39 heavy (non-hydrogen) atoms. The zero-order valence-corrected chi connectivity index (χ0v) is 24.6. The van der Waals surface area contributed by atoms with Crippen LogP contribution in [0.5, 0.6) is 11.5 Å². The summed E-state index contributed by atoms with van der Waals surface area (Å²) in [5.41, 5.74) is 4.14. The van der Waals surface area contributed by atoms with E-state index in [0.29, 0.717) is 18.7 Å². The van der Waals surface area contributed by atoms with Crippen LogP contribution in [0.15, 0.2) is 36.4 Å². The molecule has 1 unspecified atom stereocenters. The Balaban J connectivity index is 0.000000276. The summed E-state index contributed by atoms with van der Waals surface area (Å²) in [5, 5.41) is 15.5. The Bertz CT molecular complexity index is 1020. The molecule has 0 radical (unpaired) electrons. The molecule has 1 atom stereocenters. The number of hydrogen-bond donors (Lipinski definition) is 3. The molecule has 1 heterocycles. The molecule has 2 amide bonds. The van der Waals surface area contributed by atoms with Gasteiger partial charge in [0.25, 0.3) is 0 Å². The van der Waals surface area contributed by atoms with Crippen LogP contribution in [0.1, 0.15) is 87.8 Å². The first-order valence-corrected chi connectivity index (χ1v) is 14.5. The van der Waals surface area contributed by atoms with E-state index in [1.165, 1.54) is 39.2 Å². The van der Waals surface area contributed by atoms with Gasteiger partial charge in [0.1, 0.15) is 0 Å². The SMILES string of the molecule is CCCCCCCCC(=O)NCc1ccc(O)c(OC)c1.Cc1cccc(C)c1NC(=O)C1CCCCN1C. The molecular formula is C32H49N3O4. The van der Waals surface area contributed by atoms with Crippen molar-refractivity contribution in [2.75, 3.05) is 26.0 Å². The maximum Gasteiger partial charge on any atom is 0.241 e. The van der Waals surface area contributed by atoms with Gasteiger partial charge in [-0.15, -0.1) is 0 Å². The number of likely N-dealkylation sites (tertiary alicyclic amines) is 1. The number of piperidine rings is 1. The third-order valence-electron chi connectivity index (χ3n) is 7.29. The second-order valence-corrected chi connectivity index (χ2v) is 10.5. The van der Waals surface area contributed by atoms with Gasteiger partial charge in [0.2, 0.25) is 11.8 Å². The van der Waals surface area contributed by atoms with E-state index >= 15 is 0 Å². The van der Waals surface area contributed by atoms with Gasteiger partial charge in [0.15, 0.2) is 11.5 Å². The van der Waals surface area contributed by atoms with E-state index in [9.17, 15) is 14.7 Å². The Labute approximate surface area is 235 Å². The lowest BCUT2D eigenvalue weighted by atomic mass is 10.0. The van der Waals surface area contributed by atoms with Gasteiger partial charge in [-0.2, -0.15) is 0 Å². The predicted octanol–water partition coefficient (Wildman–Crippen LogP) is 6.49. The molecular weight excluding hydrogens is 490 g/mol. The molecule has 1 aliphatic heterocycles. The van der Waals surface area contributed by atoms with Crippen molar-refractivity contribution < 1.29 is 19.4 Å². The lowest BCUT2D eigenvalue weighted by Crippen LogP contribution is -2.44. The standard InChI is InChI=1S/C17H27NO3.C15H22N2O/c1-3-4-5-6-7-8-9-17(20)18-13-14-10-11-15(19)16(12-14)21-2;1-11-7-6-8-12(2)14(11)16-15(18)13-9-4-5-10-17(13)3/h10-12,19H,3-9,13H2,1-2H3,(H,18,20);6-8,13H,4-5,9-10H2,1-3H3,(H,16,18). The van der Waals surface area contributed by atoms with Crippen LogP contribution in [0.3, 0.4) is 0 Å². The van der Waals surface area contributed by atoms with Gasteiger partial charge in [0.05, 0.1) is 13.2 Å². The molecule has 0 aromatic heterocycles. The summed E-state index contributed by atoms with van der Waals surface area (Å²) < 4.78 is 5.04. The van der Waals surface area contributed by atoms with Crippen molar-refractivity contribution in [3.05, 3.63) is 53.1 Å². The number of benzene rings is 2. The molecule has 2 aromatic rings. The van der Waals surface area contributed by atoms with Crippen LogP contribution in [0.2, 0.25) is 0 Å². The number of unbranched alkanes of at least 4 members (excludes halogenated alkanes) is 5. The number of methoxy groups -OCH3 is 1. The number of aromatic hydroxyl groups is 1. The minimum Gasteiger partial charge on any atom is -0.504 e. The Morgan fingerprint density at radius 1 is 1.03 bits per heavy atom. The van der Waals surface area contributed by atoms with Crippen molar-refractivity contribution in [3.63, 3.8) is 0 Å². The van der Waals surface area contributed by atoms with Crippen LogP contribution >= 0.6 is 0 Å². The van der Waals surface area contributed by atoms with Crippen molar-refractivity contribution in [2.24, 2.45) is 0 Å². The highest BCUT2D eigenvalue weighted by Crippen LogP contribution is 2.26. The monoisotopic (exact) mass is 539 g/mol. The Morgan fingerprint density at radius 3 is 2.38 bits per heavy atom. The van der Waals surface area contributed by atoms with Crippen LogP contribution in [0, 0.1) is 13.8 Å². The lowest BCUT2D eigenvalue weighted by Gasteiger charge is -2.31. The minimum atomic E-state index is 0.0257. The number of hydrogen-bond acceptors (Lipinski definition) is 5. The average Bonchev–Trinajstić information content (AvgIpc) is 2.93. The number of ether oxygens (including phenoxy) is 1. The summed E-state index contributed by atoms with van der Waals surface area (Å²) in [6, 6.07) is 11.2. The second-order valence-electron chi connectivity index (χ2n) is 10.5. The summed E-state index contributed by atoms with van der Waals surface area (Å²) >= 11 is 0. The fraction of sp³-hybridized carbons (Fsp3) is 0.562. The van der Waals surface area contributed by atoms with E-state index in [0.717, 1.165) is 54.6 Å². The third kappa shape index (κ3) is 11.3. The van der Waals surface area contributed by atoms with E-state index < -0.39 is 0 Å². The van der Waals surface area contributed by atoms with Gasteiger partial charge >= 0.3 is 0 Å². The van der Waals surface area contributed by atoms with Crippen LogP contribution < -0.4 is 15.4 Å². The highest BCUT2D eigenvalue weighted by molar-refractivity contribution is 5.96. The minimum absolute atomic E-state index is 0.0257. The van der Waals surface area contributed by atoms with E-state index in [4.69, 9.17) is 4.74 Å². The zero-order chi connectivity index (χ0) is 28.6. The average molecular weight is 540 g/mol. The highest BCUT2D eigenvalue weighted by atomic mass is 16.5. The molecule has 216 valence electrons. The molecule has 0 bridgehead atoms. The van der Waals surface area contributed by atoms with Gasteiger partial charge in [0, 0.05) is 18.7 Å². The van der Waals surface area contributed by atoms with Gasteiger partial charge in [-0.05, 0) is 75.5 Å². The molecule has 0 spiro atoms. The van der Waals surface area contributed by atoms with Gasteiger partial charge < -0.3 is 20.5 Å². The molecule has 2 aromatic carbocycles. The normalized spacial score (nSPS) is 15.2. The number of amides is 2. The van der Waals surface area contributed by atoms with Crippen molar-refractivity contribution in [2.45, 2.75) is 97.6 Å². The number of nitrogens with one attached hydrogen (secondary N) is 2. The van der Waals surface area contributed by atoms with E-state index in [1.54, 1.807) is 18.2 Å². The molecule has 0 aliphatic carbocycles. The van der Waals surface area contributed by atoms with Crippen LogP contribution in [-0.2, 0) is 16.1 Å². The summed E-state index contributed by atoms with van der Waals surface area (Å²) in [5.74, 6) is 0.754. The topological polar surface area (TPSA) is 90.9 Å². The van der Waals surface area contributed by atoms with Crippen LogP contribution in [0.4, 0.5) is 5.69 Å². The molecule has 7 nitrogen and oxygen atoms in total. The number of likely N-dealkylation sites (N-methyl/N-ethyl adjacent to an activating group) is 1. The largest absolute Gasteiger partial charge is 0.504 e. The number of para-hydroxylation sites is 1. The van der Waals surface area contributed by atoms with Crippen molar-refractivity contribution >= 4 is 17.5 Å². The number of phenols is 1. The molecule has 1 aliphatic rings. The van der Waals surface area contributed by atoms with Gasteiger partial charge in [-0.25, -0.2) is 0 Å². The fourth-order valence-electron chi connectivity index (χ4n) is 4.81. The molecule has 7 heteroatoms. The molecule has 0 saturated carbocycles. The summed E-state index contributed by atoms with van der Waals surface area (Å²) in [6.45, 7) is 7.75. The van der Waals surface area contributed by atoms with E-state index in [2.05, 4.69) is 22.5 Å². The van der Waals surface area contributed by atoms with Crippen LogP contribution in [-0.4, -0.2) is 48.6 Å². The number of rotatable bonds is 12. The summed E-state index contributed by atoms with van der Waals surface area (Å²) in [4.78, 5) is 26.2. The predicted molar refractivity (Wildman–Crippen MR) is 159 cm³/mol. The smallest absolute Gasteiger partial charge is 0.241 e. The number of nitrogens with zero attached hydrogens (tertiary/aromatic N) is 1. The third-order valence-corrected chi connectivity index (χ3v) is 7.29. The fourth-order valence-corrected chi connectivity index (χ4v) is 4.81. The van der Waals surface area contributed by atoms with Crippen molar-refractivity contribution in [1.29, 1.82) is 0 Å². The van der Waals surface area contributed by atoms with Crippen LogP contribution in [0.25, 0.3) is 0 Å². The zero-order valence-electron chi connectivity index (χ0n) is 24.6. The van der Waals surface area contributed by atoms with E-state index in [1.807, 2.05) is 39.1 Å². The van der Waals surface area contributed by atoms with Gasteiger partial charge in [-0.1, -0.05) is 69.7 Å². The van der Waals surface area contributed by atoms with E-state index in [-0.39, 0.29) is 23.6 Å². The number of carbonyl (C=O) groups is 2. The number of aryl methyl sites for hydroxylation is 2. The number of anilines is 1. The number of carbonyl (C=O) groups excluding carboxylic acids is 2. The Morgan fingerprint density at radius 2 is 1.72 bits per heavy atom. The highest BCUT2D eigenvalue weighted by Gasteiger charge is 2.26. The Hall–Kier alpha value is -3.06. The molecule has 1 saturated heterocycles. The van der Waals surface area contributed by atoms with Gasteiger partial charge in [-0.3, -0.25) is 14.5 Å². The van der Waals surface area contributed by atoms with Crippen molar-refractivity contribution in [3.8, 4) is 11.5 Å². The maximum atomic E-state index is 12.3. The second kappa shape index (κ2) is 17.5. The first-order chi connectivity index (χ1) is 18.8. The molecule has 3 rings (SSSR count). The first-order valence-electron chi connectivity index (χ1n) is 14.5. The summed E-state index contributed by atoms with van der Waals surface area (Å²) in [7, 11) is 3.55. The Kier molecular flexibility index (Phi) is 14.4. The quantitative estimate of drug-likeness (QED) is 0.268. The molecule has 3 N–H and O–H groups in total. The maximum absolute atomic E-state index is 12.3.